The highest BCUT2D eigenvalue weighted by Crippen LogP contribution is 2.33. The largest absolute Gasteiger partial charge is 0.489 e. The molecule has 1 heterocycles. The Morgan fingerprint density at radius 2 is 2.12 bits per heavy atom. The van der Waals surface area contributed by atoms with Gasteiger partial charge in [-0.2, -0.15) is 11.8 Å². The molecule has 1 aliphatic rings. The van der Waals surface area contributed by atoms with Gasteiger partial charge >= 0.3 is 0 Å². The molecule has 0 saturated carbocycles. The van der Waals surface area contributed by atoms with Crippen molar-refractivity contribution in [2.45, 2.75) is 44.5 Å². The maximum absolute atomic E-state index is 5.99. The van der Waals surface area contributed by atoms with Gasteiger partial charge in [-0.15, -0.1) is 0 Å². The van der Waals surface area contributed by atoms with Gasteiger partial charge in [0.15, 0.2) is 5.96 Å². The molecule has 2 rings (SSSR count). The van der Waals surface area contributed by atoms with Gasteiger partial charge < -0.3 is 20.1 Å². The van der Waals surface area contributed by atoms with Gasteiger partial charge in [0.2, 0.25) is 0 Å². The van der Waals surface area contributed by atoms with Crippen molar-refractivity contribution in [1.82, 2.24) is 10.6 Å². The van der Waals surface area contributed by atoms with Crippen LogP contribution < -0.4 is 15.4 Å². The van der Waals surface area contributed by atoms with Crippen molar-refractivity contribution in [3.63, 3.8) is 0 Å². The highest BCUT2D eigenvalue weighted by Gasteiger charge is 2.31. The van der Waals surface area contributed by atoms with Gasteiger partial charge in [0.1, 0.15) is 11.9 Å². The van der Waals surface area contributed by atoms with Gasteiger partial charge in [-0.3, -0.25) is 4.99 Å². The third-order valence-electron chi connectivity index (χ3n) is 4.59. The van der Waals surface area contributed by atoms with Crippen LogP contribution in [0, 0.1) is 6.92 Å². The molecule has 1 fully saturated rings. The Kier molecular flexibility index (Phi) is 8.59. The monoisotopic (exact) mass is 379 g/mol. The van der Waals surface area contributed by atoms with Crippen LogP contribution in [0.3, 0.4) is 0 Å². The molecule has 26 heavy (non-hydrogen) atoms. The van der Waals surface area contributed by atoms with Crippen LogP contribution >= 0.6 is 11.8 Å². The highest BCUT2D eigenvalue weighted by atomic mass is 32.2. The van der Waals surface area contributed by atoms with Gasteiger partial charge in [0.05, 0.1) is 13.1 Å². The first kappa shape index (κ1) is 20.9. The second-order valence-corrected chi connectivity index (χ2v) is 8.09. The van der Waals surface area contributed by atoms with E-state index in [1.165, 1.54) is 5.56 Å². The fourth-order valence-corrected chi connectivity index (χ4v) is 3.71. The van der Waals surface area contributed by atoms with Crippen LogP contribution in [0.2, 0.25) is 0 Å². The minimum atomic E-state index is 0.0539. The topological polar surface area (TPSA) is 54.9 Å². The highest BCUT2D eigenvalue weighted by molar-refractivity contribution is 8.00. The average molecular weight is 380 g/mol. The molecule has 0 bridgehead atoms. The van der Waals surface area contributed by atoms with E-state index in [9.17, 15) is 0 Å². The summed E-state index contributed by atoms with van der Waals surface area (Å²) in [4.78, 5) is 4.84. The summed E-state index contributed by atoms with van der Waals surface area (Å²) >= 11 is 1.91. The van der Waals surface area contributed by atoms with Gasteiger partial charge in [-0.1, -0.05) is 12.1 Å². The smallest absolute Gasteiger partial charge is 0.191 e. The fourth-order valence-electron chi connectivity index (χ4n) is 2.94. The standard InChI is InChI=1S/C20H33N3O2S/c1-5-21-19(23-15-20(26-4)9-11-24-12-10-20)22-14-17(3)25-18-8-6-7-16(2)13-18/h6-8,13,17H,5,9-12,14-15H2,1-4H3,(H2,21,22,23). The molecule has 1 aliphatic heterocycles. The lowest BCUT2D eigenvalue weighted by molar-refractivity contribution is 0.0794. The number of rotatable bonds is 8. The molecule has 0 aliphatic carbocycles. The molecule has 0 aromatic heterocycles. The van der Waals surface area contributed by atoms with Crippen LogP contribution in [0.25, 0.3) is 0 Å². The van der Waals surface area contributed by atoms with E-state index in [1.54, 1.807) is 0 Å². The van der Waals surface area contributed by atoms with Crippen molar-refractivity contribution in [2.24, 2.45) is 4.99 Å². The predicted octanol–water partition coefficient (Wildman–Crippen LogP) is 3.23. The second kappa shape index (κ2) is 10.7. The lowest BCUT2D eigenvalue weighted by atomic mass is 9.99. The first-order valence-electron chi connectivity index (χ1n) is 9.45. The van der Waals surface area contributed by atoms with Crippen molar-refractivity contribution in [2.75, 3.05) is 39.1 Å². The number of ether oxygens (including phenoxy) is 2. The average Bonchev–Trinajstić information content (AvgIpc) is 2.65. The van der Waals surface area contributed by atoms with E-state index in [1.807, 2.05) is 23.9 Å². The van der Waals surface area contributed by atoms with Crippen molar-refractivity contribution in [3.05, 3.63) is 29.8 Å². The summed E-state index contributed by atoms with van der Waals surface area (Å²) in [7, 11) is 0. The summed E-state index contributed by atoms with van der Waals surface area (Å²) in [6.45, 7) is 10.2. The molecular formula is C20H33N3O2S. The van der Waals surface area contributed by atoms with Gasteiger partial charge in [-0.25, -0.2) is 0 Å². The molecular weight excluding hydrogens is 346 g/mol. The molecule has 1 aromatic carbocycles. The summed E-state index contributed by atoms with van der Waals surface area (Å²) in [5, 5.41) is 6.74. The molecule has 1 atom stereocenters. The van der Waals surface area contributed by atoms with Gasteiger partial charge in [-0.05, 0) is 57.6 Å². The number of hydrogen-bond donors (Lipinski definition) is 2. The van der Waals surface area contributed by atoms with E-state index in [4.69, 9.17) is 14.5 Å². The van der Waals surface area contributed by atoms with E-state index < -0.39 is 0 Å². The molecule has 2 N–H and O–H groups in total. The number of benzene rings is 1. The molecule has 1 saturated heterocycles. The van der Waals surface area contributed by atoms with Crippen molar-refractivity contribution in [3.8, 4) is 5.75 Å². The van der Waals surface area contributed by atoms with Crippen LogP contribution in [0.4, 0.5) is 0 Å². The summed E-state index contributed by atoms with van der Waals surface area (Å²) in [5.74, 6) is 1.76. The number of nitrogens with zero attached hydrogens (tertiary/aromatic N) is 1. The van der Waals surface area contributed by atoms with Crippen LogP contribution in [0.1, 0.15) is 32.3 Å². The summed E-state index contributed by atoms with van der Waals surface area (Å²) in [5.41, 5.74) is 1.20. The quantitative estimate of drug-likeness (QED) is 0.536. The Balaban J connectivity index is 1.88. The molecule has 0 radical (unpaired) electrons. The number of hydrogen-bond acceptors (Lipinski definition) is 4. The van der Waals surface area contributed by atoms with E-state index in [0.29, 0.717) is 6.54 Å². The van der Waals surface area contributed by atoms with E-state index in [0.717, 1.165) is 50.9 Å². The summed E-state index contributed by atoms with van der Waals surface area (Å²) in [6, 6.07) is 8.15. The summed E-state index contributed by atoms with van der Waals surface area (Å²) < 4.78 is 11.7. The zero-order chi connectivity index (χ0) is 18.8. The predicted molar refractivity (Wildman–Crippen MR) is 112 cm³/mol. The lowest BCUT2D eigenvalue weighted by Gasteiger charge is -2.34. The van der Waals surface area contributed by atoms with Gasteiger partial charge in [0.25, 0.3) is 0 Å². The van der Waals surface area contributed by atoms with Crippen LogP contribution in [-0.2, 0) is 4.74 Å². The Morgan fingerprint density at radius 3 is 2.77 bits per heavy atom. The number of guanidine groups is 1. The van der Waals surface area contributed by atoms with Crippen molar-refractivity contribution in [1.29, 1.82) is 0 Å². The SMILES string of the molecule is CCNC(=NCC1(SC)CCOCC1)NCC(C)Oc1cccc(C)c1. The minimum Gasteiger partial charge on any atom is -0.489 e. The Hall–Kier alpha value is -1.40. The molecule has 0 amide bonds. The Morgan fingerprint density at radius 1 is 1.35 bits per heavy atom. The molecule has 0 spiro atoms. The third kappa shape index (κ3) is 6.72. The Bertz CT molecular complexity index is 574. The number of thioether (sulfide) groups is 1. The number of nitrogens with one attached hydrogen (secondary N) is 2. The normalized spacial score (nSPS) is 18.2. The second-order valence-electron chi connectivity index (χ2n) is 6.82. The minimum absolute atomic E-state index is 0.0539. The lowest BCUT2D eigenvalue weighted by Crippen LogP contribution is -2.43. The first-order valence-corrected chi connectivity index (χ1v) is 10.7. The molecule has 1 aromatic rings. The zero-order valence-electron chi connectivity index (χ0n) is 16.5. The molecule has 1 unspecified atom stereocenters. The van der Waals surface area contributed by atoms with Crippen molar-refractivity contribution < 1.29 is 9.47 Å². The molecule has 5 nitrogen and oxygen atoms in total. The molecule has 146 valence electrons. The number of aliphatic imine (C=N–C) groups is 1. The van der Waals surface area contributed by atoms with Crippen LogP contribution in [0.5, 0.6) is 5.75 Å². The van der Waals surface area contributed by atoms with Crippen LogP contribution in [0.15, 0.2) is 29.3 Å². The number of aryl methyl sites for hydroxylation is 1. The third-order valence-corrected chi connectivity index (χ3v) is 5.99. The maximum Gasteiger partial charge on any atom is 0.191 e. The van der Waals surface area contributed by atoms with E-state index in [2.05, 4.69) is 49.8 Å². The van der Waals surface area contributed by atoms with Gasteiger partial charge in [0, 0.05) is 24.5 Å². The Labute approximate surface area is 162 Å². The zero-order valence-corrected chi connectivity index (χ0v) is 17.3. The van der Waals surface area contributed by atoms with Crippen LogP contribution in [-0.4, -0.2) is 55.9 Å². The van der Waals surface area contributed by atoms with E-state index in [-0.39, 0.29) is 10.9 Å². The maximum atomic E-state index is 5.99. The van der Waals surface area contributed by atoms with Crippen molar-refractivity contribution >= 4 is 17.7 Å². The van der Waals surface area contributed by atoms with E-state index >= 15 is 0 Å². The fraction of sp³-hybridized carbons (Fsp3) is 0.650. The molecule has 6 heteroatoms. The first-order chi connectivity index (χ1) is 12.6. The summed E-state index contributed by atoms with van der Waals surface area (Å²) in [6.07, 6.45) is 4.35.